The van der Waals surface area contributed by atoms with Gasteiger partial charge in [0.2, 0.25) is 5.91 Å². The Labute approximate surface area is 181 Å². The molecule has 5 atom stereocenters. The van der Waals surface area contributed by atoms with Crippen LogP contribution in [0.15, 0.2) is 24.0 Å². The molecule has 2 saturated heterocycles. The van der Waals surface area contributed by atoms with E-state index in [9.17, 15) is 9.59 Å². The third-order valence-electron chi connectivity index (χ3n) is 7.75. The van der Waals surface area contributed by atoms with Crippen LogP contribution in [-0.2, 0) is 24.5 Å². The highest BCUT2D eigenvalue weighted by Crippen LogP contribution is 2.56. The maximum absolute atomic E-state index is 13.5. The number of amides is 1. The first-order chi connectivity index (χ1) is 15.0. The van der Waals surface area contributed by atoms with Gasteiger partial charge < -0.3 is 24.3 Å². The van der Waals surface area contributed by atoms with E-state index in [0.717, 1.165) is 25.1 Å². The number of carbonyl (C=O) groups is 2. The molecule has 8 heteroatoms. The van der Waals surface area contributed by atoms with Gasteiger partial charge in [-0.1, -0.05) is 6.07 Å². The molecule has 0 unspecified atom stereocenters. The topological polar surface area (TPSA) is 86.3 Å². The summed E-state index contributed by atoms with van der Waals surface area (Å²) in [5.41, 5.74) is 1.53. The number of piperidine rings is 1. The summed E-state index contributed by atoms with van der Waals surface area (Å²) in [7, 11) is 4.56. The van der Waals surface area contributed by atoms with E-state index in [1.54, 1.807) is 20.5 Å². The molecule has 1 aromatic rings. The molecule has 31 heavy (non-hydrogen) atoms. The minimum Gasteiger partial charge on any atom is -0.497 e. The fourth-order valence-electron chi connectivity index (χ4n) is 6.20. The molecular formula is C23H28N2O6. The van der Waals surface area contributed by atoms with Crippen molar-refractivity contribution >= 4 is 17.6 Å². The Bertz CT molecular complexity index is 975. The number of nitrogens with zero attached hydrogens (tertiary/aromatic N) is 1. The van der Waals surface area contributed by atoms with Gasteiger partial charge in [-0.2, -0.15) is 0 Å². The number of hydrogen-bond donors (Lipinski definition) is 1. The van der Waals surface area contributed by atoms with Gasteiger partial charge in [-0.25, -0.2) is 4.79 Å². The maximum atomic E-state index is 13.5. The number of carbonyl (C=O) groups excluding carboxylic acids is 2. The third kappa shape index (κ3) is 2.63. The summed E-state index contributed by atoms with van der Waals surface area (Å²) in [5, 5.41) is 3.08. The number of rotatable bonds is 3. The Kier molecular flexibility index (Phi) is 4.66. The lowest BCUT2D eigenvalue weighted by Gasteiger charge is -2.48. The van der Waals surface area contributed by atoms with E-state index in [-0.39, 0.29) is 35.9 Å². The van der Waals surface area contributed by atoms with Crippen molar-refractivity contribution in [3.8, 4) is 11.5 Å². The number of hydrogen-bond acceptors (Lipinski definition) is 7. The highest BCUT2D eigenvalue weighted by molar-refractivity contribution is 6.09. The lowest BCUT2D eigenvalue weighted by atomic mass is 9.66. The van der Waals surface area contributed by atoms with Crippen LogP contribution in [0.3, 0.4) is 0 Å². The summed E-state index contributed by atoms with van der Waals surface area (Å²) >= 11 is 0. The minimum atomic E-state index is -0.678. The van der Waals surface area contributed by atoms with Crippen LogP contribution in [0, 0.1) is 11.8 Å². The van der Waals surface area contributed by atoms with Gasteiger partial charge in [-0.15, -0.1) is 0 Å². The third-order valence-corrected chi connectivity index (χ3v) is 7.75. The van der Waals surface area contributed by atoms with Crippen molar-refractivity contribution < 1.29 is 28.5 Å². The average molecular weight is 428 g/mol. The van der Waals surface area contributed by atoms with Crippen LogP contribution in [-0.4, -0.2) is 63.3 Å². The van der Waals surface area contributed by atoms with E-state index in [2.05, 4.69) is 10.2 Å². The van der Waals surface area contributed by atoms with Gasteiger partial charge in [-0.3, -0.25) is 9.69 Å². The summed E-state index contributed by atoms with van der Waals surface area (Å²) in [6, 6.07) is 3.82. The number of anilines is 1. The van der Waals surface area contributed by atoms with Gasteiger partial charge in [-0.05, 0) is 37.9 Å². The fraction of sp³-hybridized carbons (Fsp3) is 0.565. The number of methoxy groups -OCH3 is 3. The predicted octanol–water partition coefficient (Wildman–Crippen LogP) is 2.08. The molecule has 0 radical (unpaired) electrons. The van der Waals surface area contributed by atoms with Crippen LogP contribution in [0.25, 0.3) is 0 Å². The van der Waals surface area contributed by atoms with Crippen LogP contribution in [0.4, 0.5) is 5.69 Å². The van der Waals surface area contributed by atoms with E-state index in [4.69, 9.17) is 18.9 Å². The molecule has 5 rings (SSSR count). The van der Waals surface area contributed by atoms with Crippen molar-refractivity contribution in [2.45, 2.75) is 37.3 Å². The Morgan fingerprint density at radius 1 is 1.26 bits per heavy atom. The lowest BCUT2D eigenvalue weighted by Crippen LogP contribution is -2.56. The van der Waals surface area contributed by atoms with E-state index in [1.807, 2.05) is 19.1 Å². The Morgan fingerprint density at radius 2 is 2.06 bits per heavy atom. The molecule has 166 valence electrons. The van der Waals surface area contributed by atoms with Crippen LogP contribution >= 0.6 is 0 Å². The largest absolute Gasteiger partial charge is 0.497 e. The monoisotopic (exact) mass is 428 g/mol. The zero-order valence-electron chi connectivity index (χ0n) is 18.3. The number of benzene rings is 1. The van der Waals surface area contributed by atoms with Gasteiger partial charge in [0.25, 0.3) is 0 Å². The molecule has 0 aliphatic carbocycles. The van der Waals surface area contributed by atoms with Crippen molar-refractivity contribution in [3.63, 3.8) is 0 Å². The molecule has 2 fully saturated rings. The number of nitrogens with one attached hydrogen (secondary N) is 1. The van der Waals surface area contributed by atoms with Crippen LogP contribution in [0.1, 0.15) is 25.3 Å². The first-order valence-corrected chi connectivity index (χ1v) is 10.7. The molecule has 0 bridgehead atoms. The van der Waals surface area contributed by atoms with Crippen molar-refractivity contribution in [2.75, 3.05) is 39.7 Å². The number of fused-ring (bicyclic) bond motifs is 5. The Morgan fingerprint density at radius 3 is 2.77 bits per heavy atom. The van der Waals surface area contributed by atoms with E-state index in [1.165, 1.54) is 7.11 Å². The van der Waals surface area contributed by atoms with Gasteiger partial charge in [0.05, 0.1) is 50.4 Å². The number of ether oxygens (including phenoxy) is 4. The number of esters is 1. The first kappa shape index (κ1) is 20.2. The highest BCUT2D eigenvalue weighted by atomic mass is 16.5. The lowest BCUT2D eigenvalue weighted by molar-refractivity contribution is -0.139. The molecule has 8 nitrogen and oxygen atoms in total. The zero-order chi connectivity index (χ0) is 21.9. The molecule has 4 aliphatic heterocycles. The predicted molar refractivity (Wildman–Crippen MR) is 112 cm³/mol. The van der Waals surface area contributed by atoms with Crippen molar-refractivity contribution in [3.05, 3.63) is 29.5 Å². The minimum absolute atomic E-state index is 0.00459. The van der Waals surface area contributed by atoms with Crippen molar-refractivity contribution in [1.82, 2.24) is 4.90 Å². The van der Waals surface area contributed by atoms with Gasteiger partial charge in [0.1, 0.15) is 0 Å². The maximum Gasteiger partial charge on any atom is 0.337 e. The molecule has 4 aliphatic rings. The zero-order valence-corrected chi connectivity index (χ0v) is 18.3. The molecule has 0 saturated carbocycles. The molecule has 1 N–H and O–H groups in total. The molecular weight excluding hydrogens is 400 g/mol. The van der Waals surface area contributed by atoms with E-state index < -0.39 is 5.41 Å². The smallest absolute Gasteiger partial charge is 0.337 e. The Hall–Kier alpha value is -2.74. The normalized spacial score (nSPS) is 33.5. The summed E-state index contributed by atoms with van der Waals surface area (Å²) in [5.74, 6) is 0.941. The summed E-state index contributed by atoms with van der Waals surface area (Å²) in [4.78, 5) is 28.4. The summed E-state index contributed by atoms with van der Waals surface area (Å²) in [6.45, 7) is 3.64. The molecule has 4 heterocycles. The standard InChI is InChI=1S/C23H28N2O6/c1-12-14-10-25-8-7-23(18(25)9-13(14)15(11-31-12)21(26)30-4)16-5-6-17(28-2)20(29-3)19(16)24-22(23)27/h5-6,11-14,18H,7-10H2,1-4H3,(H,24,27)/t12-,13+,14+,18+,23+/m1/s1. The molecule has 1 spiro atoms. The first-order valence-electron chi connectivity index (χ1n) is 10.7. The van der Waals surface area contributed by atoms with Gasteiger partial charge in [0.15, 0.2) is 11.5 Å². The van der Waals surface area contributed by atoms with Crippen LogP contribution in [0.5, 0.6) is 11.5 Å². The molecule has 1 amide bonds. The second-order valence-electron chi connectivity index (χ2n) is 8.82. The second-order valence-corrected chi connectivity index (χ2v) is 8.82. The SMILES string of the molecule is COC(=O)C1=CO[C@H](C)[C@@H]2CN3CC[C@@]4(C(=O)Nc5c4ccc(OC)c5OC)[C@@H]3C[C@H]12. The van der Waals surface area contributed by atoms with E-state index >= 15 is 0 Å². The summed E-state index contributed by atoms with van der Waals surface area (Å²) < 4.78 is 21.8. The van der Waals surface area contributed by atoms with Gasteiger partial charge in [0, 0.05) is 24.4 Å². The van der Waals surface area contributed by atoms with Crippen molar-refractivity contribution in [2.24, 2.45) is 11.8 Å². The quantitative estimate of drug-likeness (QED) is 0.738. The molecule has 1 aromatic carbocycles. The summed E-state index contributed by atoms with van der Waals surface area (Å²) in [6.07, 6.45) is 2.98. The second kappa shape index (κ2) is 7.15. The van der Waals surface area contributed by atoms with Gasteiger partial charge >= 0.3 is 5.97 Å². The fourth-order valence-corrected chi connectivity index (χ4v) is 6.20. The van der Waals surface area contributed by atoms with E-state index in [0.29, 0.717) is 29.2 Å². The highest BCUT2D eigenvalue weighted by Gasteiger charge is 2.61. The van der Waals surface area contributed by atoms with Crippen LogP contribution in [0.2, 0.25) is 0 Å². The molecule has 0 aromatic heterocycles. The average Bonchev–Trinajstić information content (AvgIpc) is 3.30. The Balaban J connectivity index is 1.57. The van der Waals surface area contributed by atoms with Crippen molar-refractivity contribution in [1.29, 1.82) is 0 Å². The van der Waals surface area contributed by atoms with Crippen LogP contribution < -0.4 is 14.8 Å².